The number of carbonyl (C=O) groups is 2. The van der Waals surface area contributed by atoms with Gasteiger partial charge in [0.1, 0.15) is 0 Å². The zero-order chi connectivity index (χ0) is 14.5. The maximum absolute atomic E-state index is 11.9. The van der Waals surface area contributed by atoms with Gasteiger partial charge in [-0.05, 0) is 6.42 Å². The third kappa shape index (κ3) is 5.13. The smallest absolute Gasteiger partial charge is 0.322 e. The van der Waals surface area contributed by atoms with Gasteiger partial charge in [0.05, 0.1) is 13.7 Å². The standard InChI is InChI=1S/C10H18N2O6S/c1-18-10(15)8-19(16,17)12-4-2-3-11(5-6-12)7-9(13)14/h2-8H2,1H3,(H,13,14). The van der Waals surface area contributed by atoms with Crippen molar-refractivity contribution in [3.8, 4) is 0 Å². The minimum absolute atomic E-state index is 0.106. The number of hydrogen-bond donors (Lipinski definition) is 1. The van der Waals surface area contributed by atoms with Gasteiger partial charge in [-0.15, -0.1) is 0 Å². The lowest BCUT2D eigenvalue weighted by atomic mass is 10.4. The van der Waals surface area contributed by atoms with Crippen LogP contribution in [0.4, 0.5) is 0 Å². The van der Waals surface area contributed by atoms with Crippen LogP contribution in [0.5, 0.6) is 0 Å². The van der Waals surface area contributed by atoms with Crippen molar-refractivity contribution in [2.45, 2.75) is 6.42 Å². The molecule has 110 valence electrons. The number of ether oxygens (including phenoxy) is 1. The van der Waals surface area contributed by atoms with E-state index in [-0.39, 0.29) is 19.6 Å². The van der Waals surface area contributed by atoms with E-state index in [1.165, 1.54) is 4.31 Å². The number of sulfonamides is 1. The highest BCUT2D eigenvalue weighted by Gasteiger charge is 2.28. The van der Waals surface area contributed by atoms with Crippen LogP contribution < -0.4 is 0 Å². The van der Waals surface area contributed by atoms with E-state index in [0.717, 1.165) is 7.11 Å². The van der Waals surface area contributed by atoms with E-state index in [0.29, 0.717) is 19.5 Å². The van der Waals surface area contributed by atoms with E-state index in [1.54, 1.807) is 4.90 Å². The van der Waals surface area contributed by atoms with Crippen molar-refractivity contribution >= 4 is 22.0 Å². The van der Waals surface area contributed by atoms with Crippen LogP contribution in [0.15, 0.2) is 0 Å². The molecule has 1 fully saturated rings. The molecule has 0 aliphatic carbocycles. The number of rotatable bonds is 5. The second-order valence-corrected chi connectivity index (χ2v) is 6.22. The summed E-state index contributed by atoms with van der Waals surface area (Å²) in [6.45, 7) is 1.23. The Bertz CT molecular complexity index is 435. The average molecular weight is 294 g/mol. The molecular weight excluding hydrogens is 276 g/mol. The van der Waals surface area contributed by atoms with E-state index in [4.69, 9.17) is 5.11 Å². The highest BCUT2D eigenvalue weighted by Crippen LogP contribution is 2.09. The Morgan fingerprint density at radius 3 is 2.47 bits per heavy atom. The quantitative estimate of drug-likeness (QED) is 0.621. The Balaban J connectivity index is 2.61. The molecule has 9 heteroatoms. The molecule has 1 aliphatic heterocycles. The van der Waals surface area contributed by atoms with Gasteiger partial charge in [-0.1, -0.05) is 0 Å². The summed E-state index contributed by atoms with van der Waals surface area (Å²) in [5.41, 5.74) is 0. The summed E-state index contributed by atoms with van der Waals surface area (Å²) in [5.74, 6) is -2.42. The Hall–Kier alpha value is -1.19. The first-order valence-corrected chi connectivity index (χ1v) is 7.45. The minimum Gasteiger partial charge on any atom is -0.480 e. The molecule has 0 atom stereocenters. The molecule has 0 spiro atoms. The predicted molar refractivity (Wildman–Crippen MR) is 66.1 cm³/mol. The monoisotopic (exact) mass is 294 g/mol. The fourth-order valence-electron chi connectivity index (χ4n) is 1.87. The topological polar surface area (TPSA) is 104 Å². The van der Waals surface area contributed by atoms with Crippen molar-refractivity contribution < 1.29 is 27.9 Å². The number of carboxylic acid groups (broad SMARTS) is 1. The van der Waals surface area contributed by atoms with Gasteiger partial charge in [-0.2, -0.15) is 0 Å². The second-order valence-electron chi connectivity index (χ2n) is 4.25. The lowest BCUT2D eigenvalue weighted by Gasteiger charge is -2.20. The fourth-order valence-corrected chi connectivity index (χ4v) is 3.24. The van der Waals surface area contributed by atoms with Gasteiger partial charge in [0.2, 0.25) is 10.0 Å². The van der Waals surface area contributed by atoms with Crippen molar-refractivity contribution in [2.75, 3.05) is 45.6 Å². The van der Waals surface area contributed by atoms with Crippen LogP contribution >= 0.6 is 0 Å². The average Bonchev–Trinajstić information content (AvgIpc) is 2.53. The molecule has 1 rings (SSSR count). The Morgan fingerprint density at radius 2 is 1.89 bits per heavy atom. The van der Waals surface area contributed by atoms with Crippen molar-refractivity contribution in [1.29, 1.82) is 0 Å². The van der Waals surface area contributed by atoms with Crippen LogP contribution in [-0.2, 0) is 24.3 Å². The zero-order valence-electron chi connectivity index (χ0n) is 10.7. The van der Waals surface area contributed by atoms with Gasteiger partial charge >= 0.3 is 11.9 Å². The first-order valence-electron chi connectivity index (χ1n) is 5.84. The van der Waals surface area contributed by atoms with E-state index < -0.39 is 27.7 Å². The van der Waals surface area contributed by atoms with E-state index in [9.17, 15) is 18.0 Å². The molecule has 0 aromatic carbocycles. The highest BCUT2D eigenvalue weighted by atomic mass is 32.2. The van der Waals surface area contributed by atoms with Gasteiger partial charge < -0.3 is 9.84 Å². The summed E-state index contributed by atoms with van der Waals surface area (Å²) in [5, 5.41) is 8.70. The summed E-state index contributed by atoms with van der Waals surface area (Å²) in [7, 11) is -2.55. The van der Waals surface area contributed by atoms with Crippen molar-refractivity contribution in [3.05, 3.63) is 0 Å². The van der Waals surface area contributed by atoms with E-state index >= 15 is 0 Å². The van der Waals surface area contributed by atoms with Gasteiger partial charge in [-0.3, -0.25) is 14.5 Å². The molecule has 1 aliphatic rings. The number of hydrogen-bond acceptors (Lipinski definition) is 6. The summed E-state index contributed by atoms with van der Waals surface area (Å²) >= 11 is 0. The van der Waals surface area contributed by atoms with Gasteiger partial charge in [0, 0.05) is 26.2 Å². The number of nitrogens with zero attached hydrogens (tertiary/aromatic N) is 2. The third-order valence-corrected chi connectivity index (χ3v) is 4.58. The van der Waals surface area contributed by atoms with Gasteiger partial charge in [0.15, 0.2) is 5.75 Å². The Kier molecular flexibility index (Phi) is 5.70. The van der Waals surface area contributed by atoms with Gasteiger partial charge in [0.25, 0.3) is 0 Å². The third-order valence-electron chi connectivity index (χ3n) is 2.83. The molecule has 0 radical (unpaired) electrons. The molecule has 0 saturated carbocycles. The number of carboxylic acids is 1. The minimum atomic E-state index is -3.69. The van der Waals surface area contributed by atoms with Crippen molar-refractivity contribution in [1.82, 2.24) is 9.21 Å². The number of aliphatic carboxylic acids is 1. The van der Waals surface area contributed by atoms with Crippen LogP contribution in [0.25, 0.3) is 0 Å². The maximum Gasteiger partial charge on any atom is 0.322 e. The lowest BCUT2D eigenvalue weighted by molar-refractivity contribution is -0.138. The molecule has 1 N–H and O–H groups in total. The first-order chi connectivity index (χ1) is 8.85. The Morgan fingerprint density at radius 1 is 1.21 bits per heavy atom. The molecule has 1 heterocycles. The van der Waals surface area contributed by atoms with E-state index in [2.05, 4.69) is 4.74 Å². The van der Waals surface area contributed by atoms with Gasteiger partial charge in [-0.25, -0.2) is 12.7 Å². The zero-order valence-corrected chi connectivity index (χ0v) is 11.6. The summed E-state index contributed by atoms with van der Waals surface area (Å²) in [6, 6.07) is 0. The maximum atomic E-state index is 11.9. The molecule has 0 aromatic heterocycles. The van der Waals surface area contributed by atoms with Crippen molar-refractivity contribution in [3.63, 3.8) is 0 Å². The normalized spacial score (nSPS) is 18.8. The summed E-state index contributed by atoms with van der Waals surface area (Å²) in [4.78, 5) is 23.3. The van der Waals surface area contributed by atoms with Crippen LogP contribution in [0.2, 0.25) is 0 Å². The molecule has 0 bridgehead atoms. The largest absolute Gasteiger partial charge is 0.480 e. The first kappa shape index (κ1) is 15.9. The molecular formula is C10H18N2O6S. The van der Waals surface area contributed by atoms with Crippen LogP contribution in [0.1, 0.15) is 6.42 Å². The van der Waals surface area contributed by atoms with Crippen LogP contribution in [0.3, 0.4) is 0 Å². The number of methoxy groups -OCH3 is 1. The second kappa shape index (κ2) is 6.83. The highest BCUT2D eigenvalue weighted by molar-refractivity contribution is 7.89. The number of carbonyl (C=O) groups excluding carboxylic acids is 1. The molecule has 0 aromatic rings. The molecule has 1 saturated heterocycles. The lowest BCUT2D eigenvalue weighted by Crippen LogP contribution is -2.39. The molecule has 8 nitrogen and oxygen atoms in total. The molecule has 19 heavy (non-hydrogen) atoms. The summed E-state index contributed by atoms with van der Waals surface area (Å²) in [6.07, 6.45) is 0.535. The van der Waals surface area contributed by atoms with Crippen LogP contribution in [-0.4, -0.2) is 80.3 Å². The number of esters is 1. The molecule has 0 unspecified atom stereocenters. The molecule has 0 amide bonds. The predicted octanol–water partition coefficient (Wildman–Crippen LogP) is -1.42. The fraction of sp³-hybridized carbons (Fsp3) is 0.800. The SMILES string of the molecule is COC(=O)CS(=O)(=O)N1CCCN(CC(=O)O)CC1. The Labute approximate surface area is 112 Å². The van der Waals surface area contributed by atoms with E-state index in [1.807, 2.05) is 0 Å². The summed E-state index contributed by atoms with van der Waals surface area (Å²) < 4.78 is 29.4. The van der Waals surface area contributed by atoms with Crippen molar-refractivity contribution in [2.24, 2.45) is 0 Å². The van der Waals surface area contributed by atoms with Crippen LogP contribution in [0, 0.1) is 0 Å².